The van der Waals surface area contributed by atoms with Crippen LogP contribution in [-0.4, -0.2) is 557 Å². The average molecular weight is 1860 g/mol. The fourth-order valence-electron chi connectivity index (χ4n) is 16.5. The lowest BCUT2D eigenvalue weighted by Gasteiger charge is -2.52. The SMILES string of the molecule is CC(=O)N[C@H]1[C@H](O[C@H]2[C@H](O[C@@H]3O[C@@H](C)[C@@H](O)[C@@H](O)[C@@H]3O)[C@@H](NC(C)=O)C(O)O[C@@H]2CO)O[C@H](CO)[C@@H](O[C@@H]2O[C@H](CO[C@H]3O[C@H](CO[C@H]4O[C@H](CO)[C@@H](O)[C@H](O)[C@@H]4O)[C@@H](O)[C@H](O)[C@@H]3O[C@@H]3O[C@H](CO[C@@H]4O[C@@H](C)[C@@H](O)[C@@H](O)[C@@H]4O)[C@@H](O)[C@H](O[C@@H]4O[C@H](CO)[C@H](O)[C@H](O)[C@H]4O)[C@H]3NC(C)=O)[C@@H](O)[C@H](O[C@H]3O[C@H](CO)[C@@H](O)[C@H](O)[C@@H]3O)[C@@H]2O[C@@H]2O[C@H](CO)[C@H](O)[C@H]2O)[C@@H]1O. The van der Waals surface area contributed by atoms with E-state index in [1.807, 2.05) is 0 Å². The molecule has 56 nitrogen and oxygen atoms in total. The number of hydrogen-bond donors (Lipinski definition) is 32. The Kier molecular flexibility index (Phi) is 36.8. The topological polar surface area (TPSA) is 868 Å². The summed E-state index contributed by atoms with van der Waals surface area (Å²) < 4.78 is 127. The third-order valence-electron chi connectivity index (χ3n) is 23.7. The molecule has 736 valence electrons. The smallest absolute Gasteiger partial charge is 0.217 e. The summed E-state index contributed by atoms with van der Waals surface area (Å²) in [6.45, 7) is -4.86. The third-order valence-corrected chi connectivity index (χ3v) is 23.7. The number of aliphatic hydroxyl groups is 29. The van der Waals surface area contributed by atoms with Crippen molar-refractivity contribution in [3.63, 3.8) is 0 Å². The molecule has 0 bridgehead atoms. The summed E-state index contributed by atoms with van der Waals surface area (Å²) in [7, 11) is 0. The van der Waals surface area contributed by atoms with Crippen molar-refractivity contribution in [2.75, 3.05) is 59.5 Å². The molecule has 0 aromatic carbocycles. The summed E-state index contributed by atoms with van der Waals surface area (Å²) in [6.07, 6.45) is -108. The second-order valence-electron chi connectivity index (χ2n) is 32.6. The van der Waals surface area contributed by atoms with E-state index >= 15 is 0 Å². The van der Waals surface area contributed by atoms with Crippen molar-refractivity contribution in [2.24, 2.45) is 0 Å². The van der Waals surface area contributed by atoms with Gasteiger partial charge in [-0.05, 0) is 13.8 Å². The Balaban J connectivity index is 0.988. The van der Waals surface area contributed by atoms with Crippen LogP contribution in [0.15, 0.2) is 0 Å². The molecule has 0 aliphatic carbocycles. The van der Waals surface area contributed by atoms with Gasteiger partial charge in [0.05, 0.1) is 71.7 Å². The number of carbonyl (C=O) groups is 3. The Morgan fingerprint density at radius 3 is 0.976 bits per heavy atom. The highest BCUT2D eigenvalue weighted by molar-refractivity contribution is 5.74. The minimum absolute atomic E-state index is 0.879. The Labute approximate surface area is 719 Å². The predicted molar refractivity (Wildman–Crippen MR) is 388 cm³/mol. The van der Waals surface area contributed by atoms with E-state index in [2.05, 4.69) is 16.0 Å². The lowest BCUT2D eigenvalue weighted by atomic mass is 9.93. The van der Waals surface area contributed by atoms with Gasteiger partial charge in [-0.1, -0.05) is 0 Å². The Morgan fingerprint density at radius 2 is 0.504 bits per heavy atom. The first kappa shape index (κ1) is 104. The van der Waals surface area contributed by atoms with Gasteiger partial charge in [0.15, 0.2) is 69.2 Å². The normalized spacial score (nSPS) is 51.3. The zero-order chi connectivity index (χ0) is 93.2. The van der Waals surface area contributed by atoms with E-state index < -0.39 is 409 Å². The monoisotopic (exact) mass is 1860 g/mol. The molecule has 127 heavy (non-hydrogen) atoms. The Hall–Kier alpha value is -3.59. The van der Waals surface area contributed by atoms with E-state index in [1.165, 1.54) is 13.8 Å². The molecule has 1 unspecified atom stereocenters. The van der Waals surface area contributed by atoms with E-state index in [-0.39, 0.29) is 0 Å². The molecule has 0 saturated carbocycles. The largest absolute Gasteiger partial charge is 0.394 e. The van der Waals surface area contributed by atoms with Crippen LogP contribution in [0.1, 0.15) is 34.6 Å². The molecular weight excluding hydrogens is 1740 g/mol. The number of rotatable bonds is 32. The van der Waals surface area contributed by atoms with E-state index in [0.29, 0.717) is 0 Å². The number of amides is 3. The van der Waals surface area contributed by atoms with Crippen LogP contribution in [0.2, 0.25) is 0 Å². The van der Waals surface area contributed by atoms with Crippen LogP contribution in [0.25, 0.3) is 0 Å². The van der Waals surface area contributed by atoms with Gasteiger partial charge in [0.2, 0.25) is 17.7 Å². The molecule has 32 N–H and O–H groups in total. The van der Waals surface area contributed by atoms with Crippen molar-refractivity contribution >= 4 is 17.7 Å². The molecule has 0 aromatic rings. The lowest BCUT2D eigenvalue weighted by Crippen LogP contribution is -2.71. The van der Waals surface area contributed by atoms with Crippen molar-refractivity contribution < 1.29 is 262 Å². The Bertz CT molecular complexity index is 3420. The molecule has 11 aliphatic heterocycles. The van der Waals surface area contributed by atoms with Crippen molar-refractivity contribution in [1.29, 1.82) is 0 Å². The Morgan fingerprint density at radius 1 is 0.220 bits per heavy atom. The maximum atomic E-state index is 13.5. The van der Waals surface area contributed by atoms with Crippen LogP contribution in [0.3, 0.4) is 0 Å². The summed E-state index contributed by atoms with van der Waals surface area (Å²) in [5.41, 5.74) is 0. The van der Waals surface area contributed by atoms with Gasteiger partial charge in [-0.2, -0.15) is 0 Å². The van der Waals surface area contributed by atoms with Gasteiger partial charge in [-0.15, -0.1) is 0 Å². The molecule has 11 fully saturated rings. The molecule has 11 aliphatic rings. The van der Waals surface area contributed by atoms with Gasteiger partial charge in [0.25, 0.3) is 0 Å². The summed E-state index contributed by atoms with van der Waals surface area (Å²) in [5.74, 6) is -2.95. The van der Waals surface area contributed by atoms with Crippen LogP contribution < -0.4 is 16.0 Å². The molecule has 3 amide bonds. The summed E-state index contributed by atoms with van der Waals surface area (Å²) in [4.78, 5) is 39.8. The fourth-order valence-corrected chi connectivity index (χ4v) is 16.5. The van der Waals surface area contributed by atoms with Crippen molar-refractivity contribution in [3.8, 4) is 0 Å². The second kappa shape index (κ2) is 44.9. The fraction of sp³-hybridized carbons (Fsp3) is 0.958. The zero-order valence-corrected chi connectivity index (χ0v) is 68.3. The van der Waals surface area contributed by atoms with Crippen molar-refractivity contribution in [1.82, 2.24) is 16.0 Å². The lowest BCUT2D eigenvalue weighted by molar-refractivity contribution is -0.402. The minimum Gasteiger partial charge on any atom is -0.394 e. The van der Waals surface area contributed by atoms with E-state index in [0.717, 1.165) is 20.8 Å². The van der Waals surface area contributed by atoms with Crippen molar-refractivity contribution in [3.05, 3.63) is 0 Å². The number of aliphatic hydroxyl groups excluding tert-OH is 29. The predicted octanol–water partition coefficient (Wildman–Crippen LogP) is -21.9. The van der Waals surface area contributed by atoms with Crippen LogP contribution in [0.4, 0.5) is 0 Å². The molecule has 11 rings (SSSR count). The highest BCUT2D eigenvalue weighted by Gasteiger charge is 2.63. The molecule has 56 heteroatoms. The molecule has 0 spiro atoms. The first-order chi connectivity index (χ1) is 60.0. The summed E-state index contributed by atoms with van der Waals surface area (Å²) in [5, 5.41) is 331. The summed E-state index contributed by atoms with van der Waals surface area (Å²) in [6, 6.07) is -5.98. The van der Waals surface area contributed by atoms with E-state index in [1.54, 1.807) is 0 Å². The first-order valence-electron chi connectivity index (χ1n) is 40.8. The number of nitrogens with one attached hydrogen (secondary N) is 3. The van der Waals surface area contributed by atoms with E-state index in [4.69, 9.17) is 99.5 Å². The number of carbonyl (C=O) groups excluding carboxylic acids is 3. The van der Waals surface area contributed by atoms with E-state index in [9.17, 15) is 162 Å². The molecular formula is C71H119N3O53. The van der Waals surface area contributed by atoms with Gasteiger partial charge in [-0.3, -0.25) is 14.4 Å². The van der Waals surface area contributed by atoms with Crippen molar-refractivity contribution in [2.45, 2.75) is 366 Å². The quantitative estimate of drug-likeness (QED) is 0.0297. The standard InChI is InChI=1S/C71H119N3O53/c1-15-32(84)42(94)49(101)64(110-15)107-13-27-39(91)56(123-68-52(104)45(97)35(87)21(7-76)114-68)31(74-19(5)83)63(118-27)126-59-47(99)38(90)26(12-108-65-50(102)44(96)34(86)20(6-75)113-65)119-70(59)109-14-28-40(92)58(125-69-53(105)46(98)36(88)22(8-77)115-69)60(127-67-48(100)37(89)23(9-78)116-67)71(120-28)121-54-24(10-79)117-62(29(41(54)93)72-17(3)81)122-55-25(11-80)112-61(106)30(73-18(4)82)57(55)124-66-51(103)43(95)33(85)16(2)111-66/h15-16,20-71,75-80,84-106H,6-14H2,1-5H3,(H,72,81)(H,73,82)(H,74,83)/t15-,16-,20+,21+,22+,23+,24+,25+,26+,27+,28+,29+,30+,31+,32+,33+,34+,35-,36+,37-,38+,39+,40+,41+,42+,43+,44-,45-,46-,47-,48+,49-,50-,51-,52+,53-,54+,55+,56+,57+,58-,59-,60-,61?,62-,63-,64+,65-,66-,67-,68-,69+,70-,71-/m0/s1. The maximum Gasteiger partial charge on any atom is 0.217 e. The molecule has 11 heterocycles. The maximum absolute atomic E-state index is 13.5. The zero-order valence-electron chi connectivity index (χ0n) is 68.3. The highest BCUT2D eigenvalue weighted by Crippen LogP contribution is 2.42. The van der Waals surface area contributed by atoms with Crippen LogP contribution in [-0.2, 0) is 114 Å². The van der Waals surface area contributed by atoms with Gasteiger partial charge in [-0.25, -0.2) is 0 Å². The molecule has 11 saturated heterocycles. The summed E-state index contributed by atoms with van der Waals surface area (Å²) >= 11 is 0. The molecule has 0 aromatic heterocycles. The molecule has 54 atom stereocenters. The van der Waals surface area contributed by atoms with Gasteiger partial charge < -0.3 is 264 Å². The van der Waals surface area contributed by atoms with Crippen LogP contribution >= 0.6 is 0 Å². The number of ether oxygens (including phenoxy) is 21. The van der Waals surface area contributed by atoms with Crippen LogP contribution in [0.5, 0.6) is 0 Å². The average Bonchev–Trinajstić information content (AvgIpc) is 1.42. The minimum atomic E-state index is -2.58. The molecule has 0 radical (unpaired) electrons. The highest BCUT2D eigenvalue weighted by atomic mass is 16.8. The number of hydrogen-bond acceptors (Lipinski definition) is 53. The van der Waals surface area contributed by atoms with Gasteiger partial charge in [0, 0.05) is 20.8 Å². The van der Waals surface area contributed by atoms with Gasteiger partial charge >= 0.3 is 0 Å². The third kappa shape index (κ3) is 22.7. The first-order valence-corrected chi connectivity index (χ1v) is 40.8. The van der Waals surface area contributed by atoms with Gasteiger partial charge in [0.1, 0.15) is 250 Å². The second-order valence-corrected chi connectivity index (χ2v) is 32.6. The van der Waals surface area contributed by atoms with Crippen LogP contribution in [0, 0.1) is 0 Å².